The van der Waals surface area contributed by atoms with Gasteiger partial charge in [-0.1, -0.05) is 77.6 Å². The molecule has 1 aromatic carbocycles. The van der Waals surface area contributed by atoms with E-state index >= 15 is 0 Å². The summed E-state index contributed by atoms with van der Waals surface area (Å²) in [4.78, 5) is 11.7. The van der Waals surface area contributed by atoms with E-state index in [0.717, 1.165) is 25.0 Å². The first kappa shape index (κ1) is 22.5. The van der Waals surface area contributed by atoms with E-state index < -0.39 is 29.0 Å². The Kier molecular flexibility index (Phi) is 11.8. The minimum atomic E-state index is -1.65. The molecule has 148 valence electrons. The molecule has 0 aromatic heterocycles. The number of halogens is 3. The molecule has 0 amide bonds. The summed E-state index contributed by atoms with van der Waals surface area (Å²) in [5.74, 6) is -5.42. The van der Waals surface area contributed by atoms with Crippen LogP contribution in [0.15, 0.2) is 12.1 Å². The fourth-order valence-electron chi connectivity index (χ4n) is 2.87. The summed E-state index contributed by atoms with van der Waals surface area (Å²) in [5.41, 5.74) is -0.567. The fourth-order valence-corrected chi connectivity index (χ4v) is 2.87. The quantitative estimate of drug-likeness (QED) is 0.200. The largest absolute Gasteiger partial charge is 0.462 e. The highest BCUT2D eigenvalue weighted by Gasteiger charge is 2.19. The zero-order chi connectivity index (χ0) is 19.2. The molecule has 1 rings (SSSR count). The molecule has 26 heavy (non-hydrogen) atoms. The minimum absolute atomic E-state index is 0.161. The lowest BCUT2D eigenvalue weighted by Crippen LogP contribution is -2.10. The minimum Gasteiger partial charge on any atom is -0.462 e. The van der Waals surface area contributed by atoms with Crippen molar-refractivity contribution in [3.8, 4) is 0 Å². The van der Waals surface area contributed by atoms with Gasteiger partial charge < -0.3 is 4.74 Å². The molecular formula is C21H31F3O2. The van der Waals surface area contributed by atoms with Crippen molar-refractivity contribution in [2.75, 3.05) is 6.61 Å². The summed E-state index contributed by atoms with van der Waals surface area (Å²) in [6, 6.07) is 1.62. The maximum atomic E-state index is 13.5. The average Bonchev–Trinajstić information content (AvgIpc) is 2.63. The van der Waals surface area contributed by atoms with Crippen LogP contribution in [0.25, 0.3) is 0 Å². The fraction of sp³-hybridized carbons (Fsp3) is 0.667. The Balaban J connectivity index is 2.01. The van der Waals surface area contributed by atoms with E-state index in [1.54, 1.807) is 0 Å². The predicted molar refractivity (Wildman–Crippen MR) is 97.7 cm³/mol. The topological polar surface area (TPSA) is 26.3 Å². The van der Waals surface area contributed by atoms with E-state index in [9.17, 15) is 18.0 Å². The molecule has 1 aromatic rings. The maximum Gasteiger partial charge on any atom is 0.341 e. The zero-order valence-corrected chi connectivity index (χ0v) is 15.8. The lowest BCUT2D eigenvalue weighted by Gasteiger charge is -2.06. The van der Waals surface area contributed by atoms with Gasteiger partial charge in [0.1, 0.15) is 0 Å². The third-order valence-electron chi connectivity index (χ3n) is 4.49. The molecule has 0 atom stereocenters. The number of carbonyl (C=O) groups is 1. The summed E-state index contributed by atoms with van der Waals surface area (Å²) in [7, 11) is 0. The van der Waals surface area contributed by atoms with Crippen molar-refractivity contribution < 1.29 is 22.7 Å². The lowest BCUT2D eigenvalue weighted by molar-refractivity contribution is 0.0491. The third kappa shape index (κ3) is 8.72. The second-order valence-electron chi connectivity index (χ2n) is 6.75. The Labute approximate surface area is 155 Å². The van der Waals surface area contributed by atoms with Crippen molar-refractivity contribution in [3.63, 3.8) is 0 Å². The SMILES string of the molecule is CCCCCCCCCCCCCCOC(=O)c1ccc(F)c(F)c1F. The van der Waals surface area contributed by atoms with Gasteiger partial charge in [-0.15, -0.1) is 0 Å². The smallest absolute Gasteiger partial charge is 0.341 e. The van der Waals surface area contributed by atoms with Crippen molar-refractivity contribution >= 4 is 5.97 Å². The zero-order valence-electron chi connectivity index (χ0n) is 15.8. The molecule has 0 unspecified atom stereocenters. The van der Waals surface area contributed by atoms with Gasteiger partial charge in [-0.3, -0.25) is 0 Å². The molecule has 5 heteroatoms. The van der Waals surface area contributed by atoms with Gasteiger partial charge in [0, 0.05) is 0 Å². The number of rotatable bonds is 14. The maximum absolute atomic E-state index is 13.5. The summed E-state index contributed by atoms with van der Waals surface area (Å²) in [5, 5.41) is 0. The standard InChI is InChI=1S/C21H31F3O2/c1-2-3-4-5-6-7-8-9-10-11-12-13-16-26-21(25)17-14-15-18(22)20(24)19(17)23/h14-15H,2-13,16H2,1H3. The Bertz CT molecular complexity index is 532. The molecule has 0 spiro atoms. The molecule has 0 fully saturated rings. The number of esters is 1. The lowest BCUT2D eigenvalue weighted by atomic mass is 10.1. The first-order valence-corrected chi connectivity index (χ1v) is 9.88. The van der Waals surface area contributed by atoms with Gasteiger partial charge in [-0.2, -0.15) is 0 Å². The van der Waals surface area contributed by atoms with Gasteiger partial charge in [0.15, 0.2) is 17.5 Å². The van der Waals surface area contributed by atoms with Crippen molar-refractivity contribution in [2.45, 2.75) is 84.0 Å². The molecule has 0 bridgehead atoms. The van der Waals surface area contributed by atoms with Crippen LogP contribution in [0.2, 0.25) is 0 Å². The number of ether oxygens (including phenoxy) is 1. The highest BCUT2D eigenvalue weighted by Crippen LogP contribution is 2.16. The summed E-state index contributed by atoms with van der Waals surface area (Å²) >= 11 is 0. The van der Waals surface area contributed by atoms with Crippen molar-refractivity contribution in [3.05, 3.63) is 35.1 Å². The van der Waals surface area contributed by atoms with Gasteiger partial charge in [0.25, 0.3) is 0 Å². The molecular weight excluding hydrogens is 341 g/mol. The number of benzene rings is 1. The van der Waals surface area contributed by atoms with Crippen LogP contribution in [0, 0.1) is 17.5 Å². The van der Waals surface area contributed by atoms with E-state index in [-0.39, 0.29) is 6.61 Å². The highest BCUT2D eigenvalue weighted by molar-refractivity contribution is 5.89. The molecule has 0 N–H and O–H groups in total. The van der Waals surface area contributed by atoms with Gasteiger partial charge in [0.2, 0.25) is 0 Å². The molecule has 0 heterocycles. The first-order chi connectivity index (χ1) is 12.6. The van der Waals surface area contributed by atoms with Crippen LogP contribution in [0.1, 0.15) is 94.3 Å². The second kappa shape index (κ2) is 13.7. The van der Waals surface area contributed by atoms with Crippen LogP contribution in [-0.2, 0) is 4.74 Å². The van der Waals surface area contributed by atoms with Crippen LogP contribution in [0.5, 0.6) is 0 Å². The number of unbranched alkanes of at least 4 members (excludes halogenated alkanes) is 11. The molecule has 0 aliphatic heterocycles. The second-order valence-corrected chi connectivity index (χ2v) is 6.75. The number of carbonyl (C=O) groups excluding carboxylic acids is 1. The van der Waals surface area contributed by atoms with Crippen molar-refractivity contribution in [1.82, 2.24) is 0 Å². The van der Waals surface area contributed by atoms with Gasteiger partial charge in [-0.05, 0) is 18.6 Å². The summed E-state index contributed by atoms with van der Waals surface area (Å²) in [6.07, 6.45) is 14.3. The average molecular weight is 372 g/mol. The van der Waals surface area contributed by atoms with Gasteiger partial charge in [-0.25, -0.2) is 18.0 Å². The van der Waals surface area contributed by atoms with Crippen LogP contribution in [0.4, 0.5) is 13.2 Å². The first-order valence-electron chi connectivity index (χ1n) is 9.88. The Hall–Kier alpha value is -1.52. The summed E-state index contributed by atoms with van der Waals surface area (Å²) < 4.78 is 44.3. The van der Waals surface area contributed by atoms with E-state index in [2.05, 4.69) is 6.92 Å². The Morgan fingerprint density at radius 3 is 1.81 bits per heavy atom. The van der Waals surface area contributed by atoms with Crippen LogP contribution < -0.4 is 0 Å². The van der Waals surface area contributed by atoms with E-state index in [1.165, 1.54) is 57.8 Å². The van der Waals surface area contributed by atoms with E-state index in [4.69, 9.17) is 4.74 Å². The van der Waals surface area contributed by atoms with Crippen molar-refractivity contribution in [2.24, 2.45) is 0 Å². The Morgan fingerprint density at radius 2 is 1.27 bits per heavy atom. The highest BCUT2D eigenvalue weighted by atomic mass is 19.2. The molecule has 0 saturated carbocycles. The third-order valence-corrected chi connectivity index (χ3v) is 4.49. The van der Waals surface area contributed by atoms with Gasteiger partial charge in [0.05, 0.1) is 12.2 Å². The van der Waals surface area contributed by atoms with Crippen LogP contribution in [0.3, 0.4) is 0 Å². The van der Waals surface area contributed by atoms with Crippen molar-refractivity contribution in [1.29, 1.82) is 0 Å². The molecule has 0 aliphatic rings. The monoisotopic (exact) mass is 372 g/mol. The number of hydrogen-bond donors (Lipinski definition) is 0. The Morgan fingerprint density at radius 1 is 0.769 bits per heavy atom. The van der Waals surface area contributed by atoms with Gasteiger partial charge >= 0.3 is 5.97 Å². The molecule has 0 saturated heterocycles. The van der Waals surface area contributed by atoms with Crippen LogP contribution >= 0.6 is 0 Å². The van der Waals surface area contributed by atoms with Crippen LogP contribution in [-0.4, -0.2) is 12.6 Å². The van der Waals surface area contributed by atoms with E-state index in [1.807, 2.05) is 0 Å². The summed E-state index contributed by atoms with van der Waals surface area (Å²) in [6.45, 7) is 2.39. The molecule has 0 aliphatic carbocycles. The normalized spacial score (nSPS) is 10.9. The van der Waals surface area contributed by atoms with E-state index in [0.29, 0.717) is 6.42 Å². The molecule has 2 nitrogen and oxygen atoms in total. The predicted octanol–water partition coefficient (Wildman–Crippen LogP) is 6.96. The number of hydrogen-bond acceptors (Lipinski definition) is 2. The molecule has 0 radical (unpaired) electrons.